The van der Waals surface area contributed by atoms with Crippen LogP contribution in [0.4, 0.5) is 10.5 Å². The summed E-state index contributed by atoms with van der Waals surface area (Å²) in [6.07, 6.45) is 3.48. The lowest BCUT2D eigenvalue weighted by Crippen LogP contribution is -2.46. The summed E-state index contributed by atoms with van der Waals surface area (Å²) in [5.74, 6) is 0. The maximum Gasteiger partial charge on any atom is 0.324 e. The molecule has 0 aliphatic carbocycles. The molecule has 0 N–H and O–H groups in total. The van der Waals surface area contributed by atoms with Crippen LogP contribution >= 0.6 is 0 Å². The Morgan fingerprint density at radius 1 is 0.818 bits per heavy atom. The lowest BCUT2D eigenvalue weighted by atomic mass is 9.93. The van der Waals surface area contributed by atoms with E-state index >= 15 is 0 Å². The molecule has 0 bridgehead atoms. The number of carbonyl (C=O) groups is 1. The molecule has 2 amide bonds. The van der Waals surface area contributed by atoms with Crippen LogP contribution in [0, 0.1) is 0 Å². The third-order valence-electron chi connectivity index (χ3n) is 4.69. The minimum absolute atomic E-state index is 0.154. The molecule has 2 aliphatic heterocycles. The average molecular weight is 292 g/mol. The van der Waals surface area contributed by atoms with Crippen molar-refractivity contribution in [3.05, 3.63) is 54.1 Å². The van der Waals surface area contributed by atoms with Gasteiger partial charge in [0.15, 0.2) is 0 Å². The van der Waals surface area contributed by atoms with E-state index in [1.165, 1.54) is 17.5 Å². The molecule has 0 radical (unpaired) electrons. The van der Waals surface area contributed by atoms with Crippen molar-refractivity contribution in [2.45, 2.75) is 25.8 Å². The Balaban J connectivity index is 1.74. The molecule has 2 heterocycles. The van der Waals surface area contributed by atoms with Crippen molar-refractivity contribution in [3.63, 3.8) is 0 Å². The van der Waals surface area contributed by atoms with Crippen molar-refractivity contribution < 1.29 is 4.79 Å². The Hall–Kier alpha value is -2.29. The predicted octanol–water partition coefficient (Wildman–Crippen LogP) is 4.28. The molecule has 0 saturated carbocycles. The monoisotopic (exact) mass is 292 g/mol. The number of amides is 2. The van der Waals surface area contributed by atoms with Gasteiger partial charge in [-0.15, -0.1) is 0 Å². The lowest BCUT2D eigenvalue weighted by molar-refractivity contribution is 0.192. The van der Waals surface area contributed by atoms with Gasteiger partial charge in [0.2, 0.25) is 0 Å². The van der Waals surface area contributed by atoms with E-state index in [1.807, 2.05) is 21.9 Å². The van der Waals surface area contributed by atoms with Crippen LogP contribution in [-0.2, 0) is 6.54 Å². The highest BCUT2D eigenvalue weighted by Crippen LogP contribution is 2.39. The fourth-order valence-corrected chi connectivity index (χ4v) is 3.54. The van der Waals surface area contributed by atoms with Crippen LogP contribution in [0.5, 0.6) is 0 Å². The third-order valence-corrected chi connectivity index (χ3v) is 4.69. The summed E-state index contributed by atoms with van der Waals surface area (Å²) in [5.41, 5.74) is 4.68. The summed E-state index contributed by atoms with van der Waals surface area (Å²) in [6.45, 7) is 2.45. The Bertz CT molecular complexity index is 704. The number of piperidine rings is 1. The van der Waals surface area contributed by atoms with Crippen molar-refractivity contribution in [3.8, 4) is 11.1 Å². The number of para-hydroxylation sites is 1. The van der Waals surface area contributed by atoms with E-state index in [9.17, 15) is 4.79 Å². The number of anilines is 1. The molecule has 1 fully saturated rings. The average Bonchev–Trinajstić information content (AvgIpc) is 2.61. The standard InChI is InChI=1S/C19H20N2O/c22-19(20-12-6-1-7-13-20)21-14-15-8-2-3-9-16(15)17-10-4-5-11-18(17)21/h2-5,8-11H,1,6-7,12-14H2. The zero-order valence-electron chi connectivity index (χ0n) is 12.7. The van der Waals surface area contributed by atoms with Gasteiger partial charge in [-0.05, 0) is 36.5 Å². The van der Waals surface area contributed by atoms with E-state index in [1.54, 1.807) is 0 Å². The largest absolute Gasteiger partial charge is 0.324 e. The minimum atomic E-state index is 0.154. The molecule has 112 valence electrons. The number of rotatable bonds is 0. The van der Waals surface area contributed by atoms with Crippen molar-refractivity contribution in [1.82, 2.24) is 4.90 Å². The van der Waals surface area contributed by atoms with Gasteiger partial charge in [-0.1, -0.05) is 42.5 Å². The molecular weight excluding hydrogens is 272 g/mol. The fourth-order valence-electron chi connectivity index (χ4n) is 3.54. The topological polar surface area (TPSA) is 23.6 Å². The zero-order chi connectivity index (χ0) is 14.9. The number of hydrogen-bond donors (Lipinski definition) is 0. The van der Waals surface area contributed by atoms with Crippen LogP contribution in [0.1, 0.15) is 24.8 Å². The van der Waals surface area contributed by atoms with Gasteiger partial charge in [0.1, 0.15) is 0 Å². The first kappa shape index (κ1) is 13.4. The molecule has 1 saturated heterocycles. The molecule has 2 aromatic carbocycles. The van der Waals surface area contributed by atoms with Gasteiger partial charge in [0.05, 0.1) is 12.2 Å². The lowest BCUT2D eigenvalue weighted by Gasteiger charge is -2.36. The van der Waals surface area contributed by atoms with E-state index in [2.05, 4.69) is 36.4 Å². The number of likely N-dealkylation sites (tertiary alicyclic amines) is 1. The molecule has 4 rings (SSSR count). The summed E-state index contributed by atoms with van der Waals surface area (Å²) in [5, 5.41) is 0. The molecule has 3 nitrogen and oxygen atoms in total. The van der Waals surface area contributed by atoms with Gasteiger partial charge >= 0.3 is 6.03 Å². The van der Waals surface area contributed by atoms with Gasteiger partial charge < -0.3 is 4.90 Å². The maximum atomic E-state index is 13.0. The summed E-state index contributed by atoms with van der Waals surface area (Å²) in [4.78, 5) is 16.9. The minimum Gasteiger partial charge on any atom is -0.324 e. The first-order valence-electron chi connectivity index (χ1n) is 8.08. The fraction of sp³-hybridized carbons (Fsp3) is 0.316. The second-order valence-corrected chi connectivity index (χ2v) is 6.09. The molecule has 0 spiro atoms. The first-order valence-corrected chi connectivity index (χ1v) is 8.08. The third kappa shape index (κ3) is 2.17. The predicted molar refractivity (Wildman–Crippen MR) is 88.9 cm³/mol. The second-order valence-electron chi connectivity index (χ2n) is 6.09. The Morgan fingerprint density at radius 3 is 2.32 bits per heavy atom. The molecule has 3 heteroatoms. The van der Waals surface area contributed by atoms with Gasteiger partial charge in [0, 0.05) is 18.7 Å². The van der Waals surface area contributed by atoms with Crippen LogP contribution in [-0.4, -0.2) is 24.0 Å². The van der Waals surface area contributed by atoms with Crippen LogP contribution in [0.25, 0.3) is 11.1 Å². The molecule has 0 unspecified atom stereocenters. The summed E-state index contributed by atoms with van der Waals surface area (Å²) < 4.78 is 0. The van der Waals surface area contributed by atoms with Gasteiger partial charge in [0.25, 0.3) is 0 Å². The van der Waals surface area contributed by atoms with E-state index in [-0.39, 0.29) is 6.03 Å². The number of hydrogen-bond acceptors (Lipinski definition) is 1. The van der Waals surface area contributed by atoms with Crippen LogP contribution in [0.3, 0.4) is 0 Å². The van der Waals surface area contributed by atoms with Crippen molar-refractivity contribution in [1.29, 1.82) is 0 Å². The SMILES string of the molecule is O=C(N1CCCCC1)N1Cc2ccccc2-c2ccccc21. The van der Waals surface area contributed by atoms with Crippen LogP contribution < -0.4 is 4.90 Å². The van der Waals surface area contributed by atoms with E-state index in [0.717, 1.165) is 37.2 Å². The van der Waals surface area contributed by atoms with E-state index in [4.69, 9.17) is 0 Å². The number of fused-ring (bicyclic) bond motifs is 3. The Kier molecular flexibility index (Phi) is 3.34. The molecule has 22 heavy (non-hydrogen) atoms. The molecule has 0 aromatic heterocycles. The van der Waals surface area contributed by atoms with Crippen LogP contribution in [0.15, 0.2) is 48.5 Å². The Morgan fingerprint density at radius 2 is 1.50 bits per heavy atom. The van der Waals surface area contributed by atoms with Gasteiger partial charge in [-0.3, -0.25) is 4.90 Å². The molecule has 2 aliphatic rings. The number of carbonyl (C=O) groups excluding carboxylic acids is 1. The quantitative estimate of drug-likeness (QED) is 0.711. The Labute approximate surface area is 131 Å². The zero-order valence-corrected chi connectivity index (χ0v) is 12.7. The van der Waals surface area contributed by atoms with Gasteiger partial charge in [-0.25, -0.2) is 4.79 Å². The van der Waals surface area contributed by atoms with Crippen molar-refractivity contribution in [2.24, 2.45) is 0 Å². The molecular formula is C19H20N2O. The number of nitrogens with zero attached hydrogens (tertiary/aromatic N) is 2. The number of benzene rings is 2. The van der Waals surface area contributed by atoms with Crippen LogP contribution in [0.2, 0.25) is 0 Å². The summed E-state index contributed by atoms with van der Waals surface area (Å²) >= 11 is 0. The maximum absolute atomic E-state index is 13.0. The second kappa shape index (κ2) is 5.48. The highest BCUT2D eigenvalue weighted by Gasteiger charge is 2.29. The highest BCUT2D eigenvalue weighted by molar-refractivity contribution is 5.99. The highest BCUT2D eigenvalue weighted by atomic mass is 16.2. The summed E-state index contributed by atoms with van der Waals surface area (Å²) in [7, 11) is 0. The smallest absolute Gasteiger partial charge is 0.324 e. The molecule has 2 aromatic rings. The van der Waals surface area contributed by atoms with Gasteiger partial charge in [-0.2, -0.15) is 0 Å². The summed E-state index contributed by atoms with van der Waals surface area (Å²) in [6, 6.07) is 16.8. The first-order chi connectivity index (χ1) is 10.8. The van der Waals surface area contributed by atoms with Crippen molar-refractivity contribution >= 4 is 11.7 Å². The van der Waals surface area contributed by atoms with E-state index in [0.29, 0.717) is 6.54 Å². The molecule has 0 atom stereocenters. The number of urea groups is 1. The van der Waals surface area contributed by atoms with Crippen molar-refractivity contribution in [2.75, 3.05) is 18.0 Å². The normalized spacial score (nSPS) is 16.9. The van der Waals surface area contributed by atoms with E-state index < -0.39 is 0 Å².